The summed E-state index contributed by atoms with van der Waals surface area (Å²) in [7, 11) is 1.60. The number of nitrogens with zero attached hydrogens (tertiary/aromatic N) is 3. The third kappa shape index (κ3) is 4.98. The van der Waals surface area contributed by atoms with Crippen molar-refractivity contribution < 1.29 is 18.6 Å². The van der Waals surface area contributed by atoms with E-state index in [9.17, 15) is 4.39 Å². The largest absolute Gasteiger partial charge is 0.496 e. The van der Waals surface area contributed by atoms with Crippen LogP contribution in [0.5, 0.6) is 11.5 Å². The topological polar surface area (TPSA) is 48.8 Å². The molecule has 30 heavy (non-hydrogen) atoms. The second-order valence-electron chi connectivity index (χ2n) is 7.17. The third-order valence-electron chi connectivity index (χ3n) is 5.17. The van der Waals surface area contributed by atoms with E-state index in [-0.39, 0.29) is 5.82 Å². The summed E-state index contributed by atoms with van der Waals surface area (Å²) in [6.07, 6.45) is 3.67. The van der Waals surface area contributed by atoms with Gasteiger partial charge in [0.15, 0.2) is 0 Å². The zero-order valence-electron chi connectivity index (χ0n) is 17.1. The third-order valence-corrected chi connectivity index (χ3v) is 5.17. The van der Waals surface area contributed by atoms with Crippen molar-refractivity contribution in [2.24, 2.45) is 0 Å². The number of hydrogen-bond donors (Lipinski definition) is 0. The Morgan fingerprint density at radius 1 is 1.10 bits per heavy atom. The predicted octanol–water partition coefficient (Wildman–Crippen LogP) is 3.61. The van der Waals surface area contributed by atoms with Crippen LogP contribution in [0.2, 0.25) is 0 Å². The molecule has 7 heteroatoms. The van der Waals surface area contributed by atoms with Gasteiger partial charge in [0.1, 0.15) is 23.9 Å². The first kappa shape index (κ1) is 20.4. The van der Waals surface area contributed by atoms with Gasteiger partial charge in [0.2, 0.25) is 0 Å². The van der Waals surface area contributed by atoms with Crippen LogP contribution in [0.25, 0.3) is 11.1 Å². The van der Waals surface area contributed by atoms with E-state index in [1.54, 1.807) is 19.4 Å². The maximum absolute atomic E-state index is 13.9. The number of hydrogen-bond acceptors (Lipinski definition) is 5. The lowest BCUT2D eigenvalue weighted by molar-refractivity contribution is 0.0338. The summed E-state index contributed by atoms with van der Waals surface area (Å²) in [6, 6.07) is 12.4. The molecule has 0 unspecified atom stereocenters. The van der Waals surface area contributed by atoms with Gasteiger partial charge in [-0.3, -0.25) is 9.58 Å². The summed E-state index contributed by atoms with van der Waals surface area (Å²) in [4.78, 5) is 2.34. The maximum atomic E-state index is 13.9. The number of methoxy groups -OCH3 is 1. The molecule has 0 saturated carbocycles. The molecule has 1 aliphatic rings. The van der Waals surface area contributed by atoms with Crippen LogP contribution in [0.4, 0.5) is 4.39 Å². The molecule has 4 rings (SSSR count). The van der Waals surface area contributed by atoms with Gasteiger partial charge < -0.3 is 14.2 Å². The first-order valence-corrected chi connectivity index (χ1v) is 10.1. The molecule has 1 aliphatic heterocycles. The van der Waals surface area contributed by atoms with Crippen LogP contribution in [0, 0.1) is 5.82 Å². The molecule has 3 aromatic rings. The first-order chi connectivity index (χ1) is 14.7. The minimum Gasteiger partial charge on any atom is -0.496 e. The van der Waals surface area contributed by atoms with Gasteiger partial charge in [0.05, 0.1) is 26.9 Å². The monoisotopic (exact) mass is 411 g/mol. The van der Waals surface area contributed by atoms with E-state index in [1.165, 1.54) is 12.1 Å². The molecular weight excluding hydrogens is 385 g/mol. The van der Waals surface area contributed by atoms with E-state index in [2.05, 4.69) is 16.1 Å². The normalized spacial score (nSPS) is 14.6. The van der Waals surface area contributed by atoms with Gasteiger partial charge in [-0.25, -0.2) is 4.39 Å². The number of rotatable bonds is 8. The molecule has 6 nitrogen and oxygen atoms in total. The van der Waals surface area contributed by atoms with E-state index < -0.39 is 0 Å². The van der Waals surface area contributed by atoms with Crippen LogP contribution in [-0.4, -0.2) is 54.7 Å². The Kier molecular flexibility index (Phi) is 6.61. The molecule has 2 heterocycles. The maximum Gasteiger partial charge on any atom is 0.126 e. The van der Waals surface area contributed by atoms with E-state index >= 15 is 0 Å². The lowest BCUT2D eigenvalue weighted by Gasteiger charge is -2.27. The van der Waals surface area contributed by atoms with E-state index in [4.69, 9.17) is 14.2 Å². The molecule has 1 aromatic heterocycles. The Balaban J connectivity index is 1.59. The van der Waals surface area contributed by atoms with Crippen molar-refractivity contribution in [3.8, 4) is 22.6 Å². The van der Waals surface area contributed by atoms with Crippen molar-refractivity contribution in [2.75, 3.05) is 40.0 Å². The van der Waals surface area contributed by atoms with Gasteiger partial charge in [0, 0.05) is 43.2 Å². The molecule has 0 N–H and O–H groups in total. The molecule has 158 valence electrons. The Morgan fingerprint density at radius 3 is 2.70 bits per heavy atom. The van der Waals surface area contributed by atoms with Gasteiger partial charge in [-0.2, -0.15) is 5.10 Å². The Hall–Kier alpha value is -2.90. The van der Waals surface area contributed by atoms with Crippen molar-refractivity contribution in [3.05, 3.63) is 66.2 Å². The first-order valence-electron chi connectivity index (χ1n) is 10.1. The van der Waals surface area contributed by atoms with Gasteiger partial charge >= 0.3 is 0 Å². The fourth-order valence-electron chi connectivity index (χ4n) is 3.60. The lowest BCUT2D eigenvalue weighted by atomic mass is 10.0. The molecule has 0 spiro atoms. The molecule has 0 aliphatic carbocycles. The van der Waals surface area contributed by atoms with Crippen molar-refractivity contribution in [1.29, 1.82) is 0 Å². The van der Waals surface area contributed by atoms with Gasteiger partial charge in [-0.1, -0.05) is 6.07 Å². The fraction of sp³-hybridized carbons (Fsp3) is 0.348. The molecule has 2 aromatic carbocycles. The Labute approximate surface area is 175 Å². The van der Waals surface area contributed by atoms with Crippen LogP contribution in [-0.2, 0) is 17.8 Å². The van der Waals surface area contributed by atoms with Gasteiger partial charge in [0.25, 0.3) is 0 Å². The van der Waals surface area contributed by atoms with Crippen molar-refractivity contribution in [2.45, 2.75) is 13.1 Å². The Morgan fingerprint density at radius 2 is 1.93 bits per heavy atom. The van der Waals surface area contributed by atoms with Crippen molar-refractivity contribution in [1.82, 2.24) is 14.7 Å². The molecule has 0 amide bonds. The molecule has 0 radical (unpaired) electrons. The number of halogens is 1. The van der Waals surface area contributed by atoms with Gasteiger partial charge in [-0.05, 0) is 42.0 Å². The highest BCUT2D eigenvalue weighted by Crippen LogP contribution is 2.34. The van der Waals surface area contributed by atoms with Crippen LogP contribution < -0.4 is 9.47 Å². The summed E-state index contributed by atoms with van der Waals surface area (Å²) >= 11 is 0. The lowest BCUT2D eigenvalue weighted by Crippen LogP contribution is -2.35. The van der Waals surface area contributed by atoms with Crippen molar-refractivity contribution in [3.63, 3.8) is 0 Å². The minimum absolute atomic E-state index is 0.292. The average Bonchev–Trinajstić information content (AvgIpc) is 3.29. The second-order valence-corrected chi connectivity index (χ2v) is 7.17. The molecule has 1 fully saturated rings. The summed E-state index contributed by atoms with van der Waals surface area (Å²) in [5.74, 6) is 1.17. The zero-order valence-corrected chi connectivity index (χ0v) is 17.1. The smallest absolute Gasteiger partial charge is 0.126 e. The highest BCUT2D eigenvalue weighted by molar-refractivity contribution is 5.72. The predicted molar refractivity (Wildman–Crippen MR) is 112 cm³/mol. The zero-order chi connectivity index (χ0) is 20.8. The number of aromatic nitrogens is 2. The number of morpholine rings is 1. The summed E-state index contributed by atoms with van der Waals surface area (Å²) in [6.45, 7) is 5.14. The standard InChI is InChI=1S/C23H26FN3O3/c1-28-23-6-4-20(24)16-21(23)18-3-5-22(30-14-11-27-8-2-7-25-27)19(15-18)17-26-9-12-29-13-10-26/h2-8,15-16H,9-14,17H2,1H3. The average molecular weight is 411 g/mol. The van der Waals surface area contributed by atoms with Crippen LogP contribution in [0.15, 0.2) is 54.9 Å². The summed E-state index contributed by atoms with van der Waals surface area (Å²) in [5.41, 5.74) is 2.68. The highest BCUT2D eigenvalue weighted by atomic mass is 19.1. The molecular formula is C23H26FN3O3. The van der Waals surface area contributed by atoms with Crippen LogP contribution in [0.1, 0.15) is 5.56 Å². The van der Waals surface area contributed by atoms with E-state index in [0.29, 0.717) is 18.9 Å². The fourth-order valence-corrected chi connectivity index (χ4v) is 3.60. The van der Waals surface area contributed by atoms with Crippen LogP contribution >= 0.6 is 0 Å². The second kappa shape index (κ2) is 9.73. The SMILES string of the molecule is COc1ccc(F)cc1-c1ccc(OCCn2cccn2)c(CN2CCOCC2)c1. The molecule has 1 saturated heterocycles. The van der Waals surface area contributed by atoms with Crippen molar-refractivity contribution >= 4 is 0 Å². The minimum atomic E-state index is -0.292. The van der Waals surface area contributed by atoms with E-state index in [1.807, 2.05) is 29.1 Å². The van der Waals surface area contributed by atoms with E-state index in [0.717, 1.165) is 55.3 Å². The number of benzene rings is 2. The summed E-state index contributed by atoms with van der Waals surface area (Å²) < 4.78 is 32.8. The molecule has 0 atom stereocenters. The van der Waals surface area contributed by atoms with Gasteiger partial charge in [-0.15, -0.1) is 0 Å². The number of ether oxygens (including phenoxy) is 3. The summed E-state index contributed by atoms with van der Waals surface area (Å²) in [5, 5.41) is 4.21. The quantitative estimate of drug-likeness (QED) is 0.567. The van der Waals surface area contributed by atoms with Crippen LogP contribution in [0.3, 0.4) is 0 Å². The highest BCUT2D eigenvalue weighted by Gasteiger charge is 2.16. The molecule has 0 bridgehead atoms. The Bertz CT molecular complexity index is 956.